The number of carbonyl (C=O) groups is 1. The molecule has 0 saturated carbocycles. The van der Waals surface area contributed by atoms with Crippen LogP contribution in [0, 0.1) is 5.92 Å². The number of ether oxygens (including phenoxy) is 1. The van der Waals surface area contributed by atoms with Crippen LogP contribution in [0.3, 0.4) is 0 Å². The van der Waals surface area contributed by atoms with Gasteiger partial charge in [-0.1, -0.05) is 18.2 Å². The zero-order chi connectivity index (χ0) is 14.9. The van der Waals surface area contributed by atoms with E-state index in [0.29, 0.717) is 19.7 Å². The molecular weight excluding hydrogens is 278 g/mol. The normalized spacial score (nSPS) is 20.9. The molecule has 0 aliphatic carbocycles. The highest BCUT2D eigenvalue weighted by Gasteiger charge is 2.32. The van der Waals surface area contributed by atoms with Gasteiger partial charge < -0.3 is 9.64 Å². The first kappa shape index (κ1) is 13.5. The Balaban J connectivity index is 1.54. The van der Waals surface area contributed by atoms with E-state index in [4.69, 9.17) is 4.74 Å². The van der Waals surface area contributed by atoms with Crippen molar-refractivity contribution in [1.29, 1.82) is 0 Å². The summed E-state index contributed by atoms with van der Waals surface area (Å²) in [5.74, 6) is 0.242. The van der Waals surface area contributed by atoms with E-state index in [-0.39, 0.29) is 11.8 Å². The number of para-hydroxylation sites is 1. The summed E-state index contributed by atoms with van der Waals surface area (Å²) in [6, 6.07) is 10.1. The number of amides is 1. The molecule has 2 aromatic rings. The van der Waals surface area contributed by atoms with Gasteiger partial charge in [0.05, 0.1) is 36.6 Å². The van der Waals surface area contributed by atoms with Crippen LogP contribution in [-0.4, -0.2) is 33.8 Å². The van der Waals surface area contributed by atoms with Crippen LogP contribution in [0.1, 0.15) is 24.1 Å². The zero-order valence-corrected chi connectivity index (χ0v) is 12.4. The largest absolute Gasteiger partial charge is 0.381 e. The van der Waals surface area contributed by atoms with Crippen molar-refractivity contribution in [3.05, 3.63) is 47.8 Å². The Bertz CT molecular complexity index is 674. The Labute approximate surface area is 129 Å². The molecule has 1 aromatic carbocycles. The molecule has 0 radical (unpaired) electrons. The van der Waals surface area contributed by atoms with Crippen LogP contribution in [0.25, 0.3) is 5.69 Å². The third kappa shape index (κ3) is 2.31. The minimum absolute atomic E-state index is 0.0240. The summed E-state index contributed by atoms with van der Waals surface area (Å²) in [5, 5.41) is 4.47. The Morgan fingerprint density at radius 3 is 2.86 bits per heavy atom. The average molecular weight is 297 g/mol. The molecule has 1 atom stereocenters. The van der Waals surface area contributed by atoms with Crippen LogP contribution in [-0.2, 0) is 22.6 Å². The molecule has 4 rings (SSSR count). The quantitative estimate of drug-likeness (QED) is 0.853. The average Bonchev–Trinajstić information content (AvgIpc) is 3.16. The number of hydrogen-bond acceptors (Lipinski definition) is 3. The number of aromatic nitrogens is 2. The molecule has 5 heteroatoms. The second-order valence-electron chi connectivity index (χ2n) is 5.97. The van der Waals surface area contributed by atoms with Gasteiger partial charge in [0.25, 0.3) is 0 Å². The van der Waals surface area contributed by atoms with Crippen molar-refractivity contribution >= 4 is 5.91 Å². The van der Waals surface area contributed by atoms with E-state index in [9.17, 15) is 4.79 Å². The number of nitrogens with zero attached hydrogens (tertiary/aromatic N) is 3. The number of benzene rings is 1. The van der Waals surface area contributed by atoms with E-state index in [0.717, 1.165) is 36.4 Å². The molecule has 1 saturated heterocycles. The summed E-state index contributed by atoms with van der Waals surface area (Å²) < 4.78 is 7.39. The van der Waals surface area contributed by atoms with Crippen LogP contribution in [0.5, 0.6) is 0 Å². The summed E-state index contributed by atoms with van der Waals surface area (Å²) >= 11 is 0. The molecule has 3 heterocycles. The Morgan fingerprint density at radius 1 is 1.23 bits per heavy atom. The number of carbonyl (C=O) groups excluding carboxylic acids is 1. The summed E-state index contributed by atoms with van der Waals surface area (Å²) in [5.41, 5.74) is 3.31. The molecule has 2 aliphatic heterocycles. The fourth-order valence-electron chi connectivity index (χ4n) is 3.29. The summed E-state index contributed by atoms with van der Waals surface area (Å²) in [7, 11) is 0. The first-order valence-corrected chi connectivity index (χ1v) is 7.80. The smallest absolute Gasteiger partial charge is 0.228 e. The monoisotopic (exact) mass is 297 g/mol. The minimum Gasteiger partial charge on any atom is -0.381 e. The second-order valence-corrected chi connectivity index (χ2v) is 5.97. The highest BCUT2D eigenvalue weighted by Crippen LogP contribution is 2.27. The van der Waals surface area contributed by atoms with Gasteiger partial charge in [0, 0.05) is 18.7 Å². The number of fused-ring (bicyclic) bond motifs is 1. The van der Waals surface area contributed by atoms with Crippen molar-refractivity contribution in [2.24, 2.45) is 5.92 Å². The lowest BCUT2D eigenvalue weighted by atomic mass is 10.0. The molecule has 0 spiro atoms. The van der Waals surface area contributed by atoms with Crippen LogP contribution < -0.4 is 0 Å². The summed E-state index contributed by atoms with van der Waals surface area (Å²) in [6.07, 6.45) is 3.80. The molecule has 1 amide bonds. The molecule has 22 heavy (non-hydrogen) atoms. The zero-order valence-electron chi connectivity index (χ0n) is 12.4. The fraction of sp³-hybridized carbons (Fsp3) is 0.412. The van der Waals surface area contributed by atoms with Crippen molar-refractivity contribution < 1.29 is 9.53 Å². The highest BCUT2D eigenvalue weighted by molar-refractivity contribution is 5.79. The van der Waals surface area contributed by atoms with Gasteiger partial charge in [-0.25, -0.2) is 4.68 Å². The number of hydrogen-bond donors (Lipinski definition) is 0. The molecule has 0 bridgehead atoms. The van der Waals surface area contributed by atoms with E-state index in [1.165, 1.54) is 0 Å². The van der Waals surface area contributed by atoms with Gasteiger partial charge >= 0.3 is 0 Å². The maximum Gasteiger partial charge on any atom is 0.228 e. The fourth-order valence-corrected chi connectivity index (χ4v) is 3.29. The van der Waals surface area contributed by atoms with Gasteiger partial charge in [0.2, 0.25) is 5.91 Å². The van der Waals surface area contributed by atoms with Gasteiger partial charge in [-0.15, -0.1) is 0 Å². The number of rotatable bonds is 2. The van der Waals surface area contributed by atoms with Crippen LogP contribution >= 0.6 is 0 Å². The lowest BCUT2D eigenvalue weighted by Gasteiger charge is -2.26. The SMILES string of the molecule is O=C([C@@H]1CCCOC1)N1Cc2cnn(-c3ccccc3)c2C1. The standard InChI is InChI=1S/C17H19N3O2/c21-17(13-5-4-8-22-12-13)19-10-14-9-18-20(16(14)11-19)15-6-2-1-3-7-15/h1-3,6-7,9,13H,4-5,8,10-12H2/t13-/m1/s1. The van der Waals surface area contributed by atoms with Gasteiger partial charge in [-0.3, -0.25) is 4.79 Å². The topological polar surface area (TPSA) is 47.4 Å². The lowest BCUT2D eigenvalue weighted by Crippen LogP contribution is -2.36. The third-order valence-electron chi connectivity index (χ3n) is 4.48. The first-order valence-electron chi connectivity index (χ1n) is 7.80. The first-order chi connectivity index (χ1) is 10.8. The van der Waals surface area contributed by atoms with E-state index in [2.05, 4.69) is 5.10 Å². The van der Waals surface area contributed by atoms with E-state index in [1.54, 1.807) is 0 Å². The molecule has 114 valence electrons. The maximum absolute atomic E-state index is 12.6. The Hall–Kier alpha value is -2.14. The summed E-state index contributed by atoms with van der Waals surface area (Å²) in [6.45, 7) is 2.65. The van der Waals surface area contributed by atoms with Crippen molar-refractivity contribution in [3.63, 3.8) is 0 Å². The molecule has 0 N–H and O–H groups in total. The molecular formula is C17H19N3O2. The molecule has 2 aliphatic rings. The Kier molecular flexibility index (Phi) is 3.42. The van der Waals surface area contributed by atoms with Crippen LogP contribution in [0.2, 0.25) is 0 Å². The third-order valence-corrected chi connectivity index (χ3v) is 4.48. The van der Waals surface area contributed by atoms with Crippen LogP contribution in [0.15, 0.2) is 36.5 Å². The van der Waals surface area contributed by atoms with Crippen molar-refractivity contribution in [1.82, 2.24) is 14.7 Å². The summed E-state index contributed by atoms with van der Waals surface area (Å²) in [4.78, 5) is 14.6. The van der Waals surface area contributed by atoms with E-state index in [1.807, 2.05) is 46.1 Å². The van der Waals surface area contributed by atoms with Gasteiger partial charge in [-0.05, 0) is 25.0 Å². The van der Waals surface area contributed by atoms with Crippen molar-refractivity contribution in [2.45, 2.75) is 25.9 Å². The molecule has 5 nitrogen and oxygen atoms in total. The second kappa shape index (κ2) is 5.57. The molecule has 0 unspecified atom stereocenters. The van der Waals surface area contributed by atoms with E-state index >= 15 is 0 Å². The predicted octanol–water partition coefficient (Wildman–Crippen LogP) is 2.14. The van der Waals surface area contributed by atoms with E-state index < -0.39 is 0 Å². The minimum atomic E-state index is 0.0240. The van der Waals surface area contributed by atoms with Gasteiger partial charge in [0.1, 0.15) is 0 Å². The predicted molar refractivity (Wildman–Crippen MR) is 81.4 cm³/mol. The molecule has 1 aromatic heterocycles. The lowest BCUT2D eigenvalue weighted by molar-refractivity contribution is -0.140. The molecule has 1 fully saturated rings. The van der Waals surface area contributed by atoms with Gasteiger partial charge in [0.15, 0.2) is 0 Å². The van der Waals surface area contributed by atoms with Gasteiger partial charge in [-0.2, -0.15) is 5.10 Å². The maximum atomic E-state index is 12.6. The van der Waals surface area contributed by atoms with Crippen molar-refractivity contribution in [2.75, 3.05) is 13.2 Å². The van der Waals surface area contributed by atoms with Crippen molar-refractivity contribution in [3.8, 4) is 5.69 Å². The Morgan fingerprint density at radius 2 is 2.09 bits per heavy atom. The van der Waals surface area contributed by atoms with Crippen LogP contribution in [0.4, 0.5) is 0 Å². The highest BCUT2D eigenvalue weighted by atomic mass is 16.5.